The van der Waals surface area contributed by atoms with Crippen LogP contribution in [0.2, 0.25) is 0 Å². The zero-order valence-corrected chi connectivity index (χ0v) is 11.9. The molecular formula is C14H19NO6. The van der Waals surface area contributed by atoms with Gasteiger partial charge >= 0.3 is 0 Å². The Kier molecular flexibility index (Phi) is 5.00. The standard InChI is InChI=1S/C14H19NO6/c1-19-8-3-4-9(12(5-8)20-2)14(18)15-10-6-21-7-11(16)13(10)17/h3-5,10-11,13,16-17H,6-7H2,1-2H3,(H,15,18)/t10-,11-,13+/m1/s1. The van der Waals surface area contributed by atoms with E-state index in [1.54, 1.807) is 18.2 Å². The van der Waals surface area contributed by atoms with Crippen LogP contribution in [0.15, 0.2) is 18.2 Å². The second-order valence-electron chi connectivity index (χ2n) is 4.74. The van der Waals surface area contributed by atoms with Gasteiger partial charge < -0.3 is 29.7 Å². The van der Waals surface area contributed by atoms with Gasteiger partial charge in [0.25, 0.3) is 5.91 Å². The number of nitrogens with one attached hydrogen (secondary N) is 1. The van der Waals surface area contributed by atoms with Gasteiger partial charge in [0.05, 0.1) is 39.0 Å². The minimum atomic E-state index is -1.06. The van der Waals surface area contributed by atoms with Crippen LogP contribution in [0.1, 0.15) is 10.4 Å². The molecule has 3 atom stereocenters. The summed E-state index contributed by atoms with van der Waals surface area (Å²) in [6.07, 6.45) is -2.08. The quantitative estimate of drug-likeness (QED) is 0.697. The van der Waals surface area contributed by atoms with Crippen molar-refractivity contribution >= 4 is 5.91 Å². The molecule has 1 heterocycles. The zero-order chi connectivity index (χ0) is 15.4. The number of hydrogen-bond donors (Lipinski definition) is 3. The third-order valence-corrected chi connectivity index (χ3v) is 3.36. The molecule has 1 amide bonds. The fraction of sp³-hybridized carbons (Fsp3) is 0.500. The SMILES string of the molecule is COc1ccc(C(=O)N[C@@H]2COC[C@@H](O)[C@H]2O)c(OC)c1. The van der Waals surface area contributed by atoms with Crippen LogP contribution in [0, 0.1) is 0 Å². The van der Waals surface area contributed by atoms with Crippen molar-refractivity contribution in [1.29, 1.82) is 0 Å². The maximum atomic E-state index is 12.3. The zero-order valence-electron chi connectivity index (χ0n) is 11.9. The van der Waals surface area contributed by atoms with Crippen LogP contribution in [0.3, 0.4) is 0 Å². The Labute approximate surface area is 122 Å². The van der Waals surface area contributed by atoms with E-state index in [9.17, 15) is 15.0 Å². The molecule has 1 saturated heterocycles. The predicted molar refractivity (Wildman–Crippen MR) is 73.6 cm³/mol. The van der Waals surface area contributed by atoms with Crippen molar-refractivity contribution in [3.05, 3.63) is 23.8 Å². The Morgan fingerprint density at radius 3 is 2.71 bits per heavy atom. The Morgan fingerprint density at radius 1 is 1.29 bits per heavy atom. The molecule has 7 heteroatoms. The van der Waals surface area contributed by atoms with Crippen LogP contribution in [0.4, 0.5) is 0 Å². The first kappa shape index (κ1) is 15.6. The van der Waals surface area contributed by atoms with E-state index in [1.165, 1.54) is 14.2 Å². The molecule has 0 bridgehead atoms. The molecule has 1 aliphatic rings. The van der Waals surface area contributed by atoms with Crippen molar-refractivity contribution in [2.24, 2.45) is 0 Å². The van der Waals surface area contributed by atoms with Gasteiger partial charge in [0.15, 0.2) is 0 Å². The van der Waals surface area contributed by atoms with Crippen molar-refractivity contribution in [3.8, 4) is 11.5 Å². The largest absolute Gasteiger partial charge is 0.497 e. The van der Waals surface area contributed by atoms with Crippen molar-refractivity contribution in [1.82, 2.24) is 5.32 Å². The van der Waals surface area contributed by atoms with Gasteiger partial charge in [-0.15, -0.1) is 0 Å². The van der Waals surface area contributed by atoms with E-state index in [2.05, 4.69) is 5.32 Å². The molecule has 0 saturated carbocycles. The summed E-state index contributed by atoms with van der Waals surface area (Å²) < 4.78 is 15.3. The maximum Gasteiger partial charge on any atom is 0.255 e. The van der Waals surface area contributed by atoms with Crippen molar-refractivity contribution < 1.29 is 29.2 Å². The van der Waals surface area contributed by atoms with Gasteiger partial charge in [-0.3, -0.25) is 4.79 Å². The van der Waals surface area contributed by atoms with Crippen LogP contribution in [-0.4, -0.2) is 61.8 Å². The first-order valence-electron chi connectivity index (χ1n) is 6.53. The molecule has 0 radical (unpaired) electrons. The average molecular weight is 297 g/mol. The third-order valence-electron chi connectivity index (χ3n) is 3.36. The van der Waals surface area contributed by atoms with Gasteiger partial charge in [0.2, 0.25) is 0 Å². The molecule has 116 valence electrons. The summed E-state index contributed by atoms with van der Waals surface area (Å²) in [5.41, 5.74) is 0.311. The van der Waals surface area contributed by atoms with Gasteiger partial charge in [-0.1, -0.05) is 0 Å². The topological polar surface area (TPSA) is 97.3 Å². The molecular weight excluding hydrogens is 278 g/mol. The second kappa shape index (κ2) is 6.75. The van der Waals surface area contributed by atoms with E-state index in [4.69, 9.17) is 14.2 Å². The number of carbonyl (C=O) groups is 1. The van der Waals surface area contributed by atoms with Gasteiger partial charge in [-0.05, 0) is 12.1 Å². The second-order valence-corrected chi connectivity index (χ2v) is 4.74. The highest BCUT2D eigenvalue weighted by atomic mass is 16.5. The molecule has 2 rings (SSSR count). The molecule has 1 aromatic carbocycles. The molecule has 0 unspecified atom stereocenters. The lowest BCUT2D eigenvalue weighted by atomic mass is 10.0. The van der Waals surface area contributed by atoms with Crippen LogP contribution >= 0.6 is 0 Å². The van der Waals surface area contributed by atoms with Crippen LogP contribution < -0.4 is 14.8 Å². The highest BCUT2D eigenvalue weighted by Gasteiger charge is 2.32. The van der Waals surface area contributed by atoms with E-state index in [0.29, 0.717) is 17.1 Å². The molecule has 0 aliphatic carbocycles. The lowest BCUT2D eigenvalue weighted by Crippen LogP contribution is -2.55. The summed E-state index contributed by atoms with van der Waals surface area (Å²) in [5.74, 6) is 0.509. The van der Waals surface area contributed by atoms with Gasteiger partial charge in [-0.25, -0.2) is 0 Å². The van der Waals surface area contributed by atoms with Crippen molar-refractivity contribution in [2.75, 3.05) is 27.4 Å². The molecule has 3 N–H and O–H groups in total. The number of carbonyl (C=O) groups excluding carboxylic acids is 1. The van der Waals surface area contributed by atoms with Crippen LogP contribution in [-0.2, 0) is 4.74 Å². The lowest BCUT2D eigenvalue weighted by Gasteiger charge is -2.32. The number of benzene rings is 1. The smallest absolute Gasteiger partial charge is 0.255 e. The fourth-order valence-electron chi connectivity index (χ4n) is 2.14. The summed E-state index contributed by atoms with van der Waals surface area (Å²) in [7, 11) is 2.97. The Hall–Kier alpha value is -1.83. The Balaban J connectivity index is 2.13. The molecule has 0 spiro atoms. The summed E-state index contributed by atoms with van der Waals surface area (Å²) in [6.45, 7) is 0.196. The Morgan fingerprint density at radius 2 is 2.05 bits per heavy atom. The highest BCUT2D eigenvalue weighted by molar-refractivity contribution is 5.97. The number of aliphatic hydroxyl groups is 2. The summed E-state index contributed by atoms with van der Waals surface area (Å²) >= 11 is 0. The molecule has 7 nitrogen and oxygen atoms in total. The summed E-state index contributed by atoms with van der Waals surface area (Å²) in [6, 6.07) is 4.13. The molecule has 21 heavy (non-hydrogen) atoms. The number of aliphatic hydroxyl groups excluding tert-OH is 2. The lowest BCUT2D eigenvalue weighted by molar-refractivity contribution is -0.102. The normalized spacial score (nSPS) is 25.2. The summed E-state index contributed by atoms with van der Waals surface area (Å²) in [4.78, 5) is 12.3. The summed E-state index contributed by atoms with van der Waals surface area (Å²) in [5, 5.41) is 22.0. The molecule has 1 fully saturated rings. The van der Waals surface area contributed by atoms with Crippen molar-refractivity contribution in [3.63, 3.8) is 0 Å². The number of hydrogen-bond acceptors (Lipinski definition) is 6. The third kappa shape index (κ3) is 3.44. The predicted octanol–water partition coefficient (Wildman–Crippen LogP) is -0.446. The van der Waals surface area contributed by atoms with Crippen LogP contribution in [0.25, 0.3) is 0 Å². The molecule has 0 aromatic heterocycles. The van der Waals surface area contributed by atoms with E-state index in [-0.39, 0.29) is 13.2 Å². The minimum Gasteiger partial charge on any atom is -0.497 e. The van der Waals surface area contributed by atoms with E-state index >= 15 is 0 Å². The first-order valence-corrected chi connectivity index (χ1v) is 6.53. The van der Waals surface area contributed by atoms with Crippen LogP contribution in [0.5, 0.6) is 11.5 Å². The van der Waals surface area contributed by atoms with Gasteiger partial charge in [-0.2, -0.15) is 0 Å². The molecule has 1 aliphatic heterocycles. The van der Waals surface area contributed by atoms with E-state index in [0.717, 1.165) is 0 Å². The number of methoxy groups -OCH3 is 2. The van der Waals surface area contributed by atoms with E-state index < -0.39 is 24.2 Å². The first-order chi connectivity index (χ1) is 10.1. The number of rotatable bonds is 4. The number of amides is 1. The monoisotopic (exact) mass is 297 g/mol. The van der Waals surface area contributed by atoms with Gasteiger partial charge in [0.1, 0.15) is 23.7 Å². The van der Waals surface area contributed by atoms with Gasteiger partial charge in [0, 0.05) is 6.07 Å². The van der Waals surface area contributed by atoms with E-state index in [1.807, 2.05) is 0 Å². The maximum absolute atomic E-state index is 12.3. The molecule has 1 aromatic rings. The highest BCUT2D eigenvalue weighted by Crippen LogP contribution is 2.24. The average Bonchev–Trinajstić information content (AvgIpc) is 2.51. The minimum absolute atomic E-state index is 0.0550. The number of ether oxygens (including phenoxy) is 3. The fourth-order valence-corrected chi connectivity index (χ4v) is 2.14. The van der Waals surface area contributed by atoms with Crippen molar-refractivity contribution in [2.45, 2.75) is 18.2 Å². The Bertz CT molecular complexity index is 506.